The van der Waals surface area contributed by atoms with Crippen molar-refractivity contribution in [3.05, 3.63) is 46.8 Å². The zero-order chi connectivity index (χ0) is 17.7. The second kappa shape index (κ2) is 6.11. The number of alkyl halides is 2. The van der Waals surface area contributed by atoms with Crippen LogP contribution in [0.5, 0.6) is 0 Å². The van der Waals surface area contributed by atoms with Crippen molar-refractivity contribution in [2.45, 2.75) is 51.5 Å². The number of anilines is 1. The summed E-state index contributed by atoms with van der Waals surface area (Å²) in [6, 6.07) is 6.44. The average molecular weight is 345 g/mol. The van der Waals surface area contributed by atoms with Crippen molar-refractivity contribution in [1.82, 2.24) is 9.78 Å². The number of hydrogen-bond acceptors (Lipinski definition) is 2. The highest BCUT2D eigenvalue weighted by atomic mass is 19.3. The van der Waals surface area contributed by atoms with E-state index in [9.17, 15) is 8.78 Å². The number of benzene rings is 1. The minimum absolute atomic E-state index is 0.121. The highest BCUT2D eigenvalue weighted by Gasteiger charge is 2.47. The fraction of sp³-hybridized carbons (Fsp3) is 0.550. The normalized spacial score (nSPS) is 24.4. The first-order valence-electron chi connectivity index (χ1n) is 9.14. The third kappa shape index (κ3) is 2.64. The van der Waals surface area contributed by atoms with Gasteiger partial charge in [-0.25, -0.2) is 8.78 Å². The number of nitrogens with zero attached hydrogens (tertiary/aromatic N) is 2. The number of halogens is 2. The van der Waals surface area contributed by atoms with Crippen molar-refractivity contribution in [1.29, 1.82) is 0 Å². The van der Waals surface area contributed by atoms with E-state index in [0.717, 1.165) is 5.69 Å². The Morgan fingerprint density at radius 3 is 2.72 bits per heavy atom. The van der Waals surface area contributed by atoms with E-state index in [0.29, 0.717) is 35.8 Å². The van der Waals surface area contributed by atoms with Gasteiger partial charge in [-0.15, -0.1) is 0 Å². The Morgan fingerprint density at radius 2 is 2.00 bits per heavy atom. The molecule has 1 saturated carbocycles. The molecule has 0 saturated heterocycles. The molecule has 1 heterocycles. The molecule has 2 aliphatic carbocycles. The summed E-state index contributed by atoms with van der Waals surface area (Å²) in [5, 5.41) is 7.32. The summed E-state index contributed by atoms with van der Waals surface area (Å²) in [5.41, 5.74) is 4.46. The van der Waals surface area contributed by atoms with Gasteiger partial charge in [0.2, 0.25) is 0 Å². The number of aryl methyl sites for hydroxylation is 1. The lowest BCUT2D eigenvalue weighted by atomic mass is 9.85. The zero-order valence-corrected chi connectivity index (χ0v) is 15.0. The molecule has 0 radical (unpaired) electrons. The molecule has 1 aromatic carbocycles. The van der Waals surface area contributed by atoms with Crippen molar-refractivity contribution in [3.63, 3.8) is 0 Å². The van der Waals surface area contributed by atoms with Crippen LogP contribution in [-0.4, -0.2) is 9.78 Å². The Morgan fingerprint density at radius 1 is 1.24 bits per heavy atom. The molecule has 0 aliphatic heterocycles. The van der Waals surface area contributed by atoms with E-state index in [-0.39, 0.29) is 5.69 Å². The van der Waals surface area contributed by atoms with E-state index in [1.807, 2.05) is 0 Å². The first-order valence-corrected chi connectivity index (χ1v) is 9.14. The molecule has 3 nitrogen and oxygen atoms in total. The molecule has 1 fully saturated rings. The van der Waals surface area contributed by atoms with Crippen molar-refractivity contribution in [2.75, 3.05) is 5.32 Å². The van der Waals surface area contributed by atoms with Crippen molar-refractivity contribution in [2.24, 2.45) is 18.9 Å². The standard InChI is InChI=1S/C20H25F2N3/c1-11(2)17-14-7-8-15(17)18-13(14)5-4-6-16(18)23-9-12-10-25(3)24-19(12)20(21)22/h4-6,10-11,14-15,17,20,23H,7-9H2,1-3H3. The third-order valence-electron chi connectivity index (χ3n) is 6.01. The van der Waals surface area contributed by atoms with Gasteiger partial charge in [-0.3, -0.25) is 4.68 Å². The lowest BCUT2D eigenvalue weighted by Gasteiger charge is -2.21. The Labute approximate surface area is 147 Å². The topological polar surface area (TPSA) is 29.9 Å². The van der Waals surface area contributed by atoms with Gasteiger partial charge in [-0.1, -0.05) is 26.0 Å². The number of nitrogens with one attached hydrogen (secondary N) is 1. The van der Waals surface area contributed by atoms with Gasteiger partial charge in [0.15, 0.2) is 0 Å². The van der Waals surface area contributed by atoms with Crippen molar-refractivity contribution < 1.29 is 8.78 Å². The van der Waals surface area contributed by atoms with Crippen LogP contribution in [-0.2, 0) is 13.6 Å². The molecule has 0 amide bonds. The monoisotopic (exact) mass is 345 g/mol. The van der Waals surface area contributed by atoms with Crippen LogP contribution in [0.1, 0.15) is 67.3 Å². The number of hydrogen-bond donors (Lipinski definition) is 1. The van der Waals surface area contributed by atoms with Gasteiger partial charge in [-0.05, 0) is 53.7 Å². The quantitative estimate of drug-likeness (QED) is 0.805. The van der Waals surface area contributed by atoms with Gasteiger partial charge in [0, 0.05) is 31.0 Å². The number of fused-ring (bicyclic) bond motifs is 5. The Balaban J connectivity index is 1.61. The van der Waals surface area contributed by atoms with Crippen LogP contribution in [0.2, 0.25) is 0 Å². The molecular formula is C20H25F2N3. The highest BCUT2D eigenvalue weighted by Crippen LogP contribution is 2.61. The molecule has 2 bridgehead atoms. The highest BCUT2D eigenvalue weighted by molar-refractivity contribution is 5.61. The lowest BCUT2D eigenvalue weighted by Crippen LogP contribution is -2.11. The fourth-order valence-electron chi connectivity index (χ4n) is 5.19. The van der Waals surface area contributed by atoms with Crippen molar-refractivity contribution >= 4 is 5.69 Å². The van der Waals surface area contributed by atoms with E-state index in [4.69, 9.17) is 0 Å². The first-order chi connectivity index (χ1) is 12.0. The van der Waals surface area contributed by atoms with Gasteiger partial charge in [0.1, 0.15) is 5.69 Å². The molecule has 1 N–H and O–H groups in total. The molecule has 4 rings (SSSR count). The van der Waals surface area contributed by atoms with Crippen LogP contribution >= 0.6 is 0 Å². The van der Waals surface area contributed by atoms with E-state index >= 15 is 0 Å². The summed E-state index contributed by atoms with van der Waals surface area (Å²) in [5.74, 6) is 2.65. The Bertz CT molecular complexity index is 781. The molecule has 2 aromatic rings. The summed E-state index contributed by atoms with van der Waals surface area (Å²) in [4.78, 5) is 0. The smallest absolute Gasteiger partial charge is 0.282 e. The number of aromatic nitrogens is 2. The molecule has 3 atom stereocenters. The van der Waals surface area contributed by atoms with E-state index in [1.54, 1.807) is 13.2 Å². The van der Waals surface area contributed by atoms with Gasteiger partial charge >= 0.3 is 0 Å². The minimum atomic E-state index is -2.54. The predicted octanol–water partition coefficient (Wildman–Crippen LogP) is 5.22. The van der Waals surface area contributed by atoms with Gasteiger partial charge in [0.25, 0.3) is 6.43 Å². The molecule has 0 spiro atoms. The van der Waals surface area contributed by atoms with Crippen LogP contribution in [0, 0.1) is 11.8 Å². The van der Waals surface area contributed by atoms with E-state index < -0.39 is 6.43 Å². The van der Waals surface area contributed by atoms with E-state index in [1.165, 1.54) is 28.7 Å². The Kier molecular flexibility index (Phi) is 4.05. The molecular weight excluding hydrogens is 320 g/mol. The summed E-state index contributed by atoms with van der Waals surface area (Å²) >= 11 is 0. The van der Waals surface area contributed by atoms with Gasteiger partial charge in [0.05, 0.1) is 0 Å². The van der Waals surface area contributed by atoms with Crippen LogP contribution < -0.4 is 5.32 Å². The molecule has 134 valence electrons. The second-order valence-electron chi connectivity index (χ2n) is 7.79. The largest absolute Gasteiger partial charge is 0.381 e. The van der Waals surface area contributed by atoms with Crippen LogP contribution in [0.4, 0.5) is 14.5 Å². The molecule has 5 heteroatoms. The fourth-order valence-corrected chi connectivity index (χ4v) is 5.19. The second-order valence-corrected chi connectivity index (χ2v) is 7.79. The van der Waals surface area contributed by atoms with Gasteiger partial charge < -0.3 is 5.32 Å². The maximum Gasteiger partial charge on any atom is 0.282 e. The SMILES string of the molecule is CC(C)C1C2CCC1c1c(NCc3cn(C)nc3C(F)F)cccc12. The minimum Gasteiger partial charge on any atom is -0.381 e. The Hall–Kier alpha value is -1.91. The summed E-state index contributed by atoms with van der Waals surface area (Å²) < 4.78 is 27.8. The maximum atomic E-state index is 13.1. The third-order valence-corrected chi connectivity index (χ3v) is 6.01. The van der Waals surface area contributed by atoms with Crippen LogP contribution in [0.15, 0.2) is 24.4 Å². The van der Waals surface area contributed by atoms with Gasteiger partial charge in [-0.2, -0.15) is 5.10 Å². The number of rotatable bonds is 5. The summed E-state index contributed by atoms with van der Waals surface area (Å²) in [6.07, 6.45) is 1.66. The molecule has 1 aromatic heterocycles. The first kappa shape index (κ1) is 16.6. The van der Waals surface area contributed by atoms with Crippen LogP contribution in [0.3, 0.4) is 0 Å². The zero-order valence-electron chi connectivity index (χ0n) is 15.0. The summed E-state index contributed by atoms with van der Waals surface area (Å²) in [7, 11) is 1.68. The van der Waals surface area contributed by atoms with E-state index in [2.05, 4.69) is 42.5 Å². The molecule has 3 unspecified atom stereocenters. The maximum absolute atomic E-state index is 13.1. The van der Waals surface area contributed by atoms with Crippen LogP contribution in [0.25, 0.3) is 0 Å². The predicted molar refractivity (Wildman–Crippen MR) is 95.0 cm³/mol. The average Bonchev–Trinajstić information content (AvgIpc) is 3.24. The molecule has 25 heavy (non-hydrogen) atoms. The molecule has 2 aliphatic rings. The summed E-state index contributed by atoms with van der Waals surface area (Å²) in [6.45, 7) is 5.02. The lowest BCUT2D eigenvalue weighted by molar-refractivity contribution is 0.144. The van der Waals surface area contributed by atoms with Crippen molar-refractivity contribution in [3.8, 4) is 0 Å².